The maximum Gasteiger partial charge on any atom is 0.229 e. The van der Waals surface area contributed by atoms with Gasteiger partial charge in [-0.15, -0.1) is 0 Å². The fourth-order valence-electron chi connectivity index (χ4n) is 4.32. The van der Waals surface area contributed by atoms with E-state index in [1.807, 2.05) is 29.2 Å². The minimum Gasteiger partial charge on any atom is -0.492 e. The van der Waals surface area contributed by atoms with Crippen molar-refractivity contribution < 1.29 is 14.3 Å². The van der Waals surface area contributed by atoms with Crippen LogP contribution in [0.5, 0.6) is 5.75 Å². The normalized spacial score (nSPS) is 21.5. The van der Waals surface area contributed by atoms with E-state index < -0.39 is 0 Å². The van der Waals surface area contributed by atoms with Gasteiger partial charge in [-0.1, -0.05) is 18.2 Å². The van der Waals surface area contributed by atoms with Gasteiger partial charge in [-0.3, -0.25) is 4.79 Å². The van der Waals surface area contributed by atoms with E-state index >= 15 is 0 Å². The molecule has 4 heterocycles. The molecule has 0 bridgehead atoms. The van der Waals surface area contributed by atoms with Crippen LogP contribution < -0.4 is 9.64 Å². The van der Waals surface area contributed by atoms with E-state index in [0.717, 1.165) is 62.0 Å². The zero-order valence-corrected chi connectivity index (χ0v) is 15.8. The van der Waals surface area contributed by atoms with Crippen molar-refractivity contribution in [2.75, 3.05) is 44.4 Å². The Morgan fingerprint density at radius 2 is 1.96 bits per heavy atom. The summed E-state index contributed by atoms with van der Waals surface area (Å²) in [6.45, 7) is 4.86. The van der Waals surface area contributed by atoms with Gasteiger partial charge in [-0.2, -0.15) is 0 Å². The highest BCUT2D eigenvalue weighted by molar-refractivity contribution is 5.80. The molecule has 3 aliphatic heterocycles. The Balaban J connectivity index is 1.31. The number of benzene rings is 1. The third kappa shape index (κ3) is 3.20. The average Bonchev–Trinajstić information content (AvgIpc) is 2.78. The molecule has 1 aromatic carbocycles. The van der Waals surface area contributed by atoms with Crippen LogP contribution in [-0.4, -0.2) is 60.2 Å². The molecular weight excluding hydrogens is 356 g/mol. The van der Waals surface area contributed by atoms with Crippen LogP contribution >= 0.6 is 0 Å². The molecule has 0 aliphatic carbocycles. The van der Waals surface area contributed by atoms with Crippen molar-refractivity contribution in [3.8, 4) is 5.75 Å². The third-order valence-corrected chi connectivity index (χ3v) is 5.83. The van der Waals surface area contributed by atoms with Crippen LogP contribution in [0.15, 0.2) is 30.6 Å². The van der Waals surface area contributed by atoms with Crippen molar-refractivity contribution in [3.63, 3.8) is 0 Å². The van der Waals surface area contributed by atoms with E-state index in [9.17, 15) is 4.79 Å². The Labute approximate surface area is 164 Å². The maximum absolute atomic E-state index is 13.1. The van der Waals surface area contributed by atoms with Crippen LogP contribution in [0.25, 0.3) is 0 Å². The molecule has 1 fully saturated rings. The van der Waals surface area contributed by atoms with Gasteiger partial charge in [-0.05, 0) is 24.5 Å². The first-order valence-corrected chi connectivity index (χ1v) is 9.94. The van der Waals surface area contributed by atoms with Gasteiger partial charge in [0.1, 0.15) is 24.5 Å². The first-order valence-electron chi connectivity index (χ1n) is 9.94. The van der Waals surface area contributed by atoms with E-state index in [-0.39, 0.29) is 11.8 Å². The first-order chi connectivity index (χ1) is 13.8. The van der Waals surface area contributed by atoms with Gasteiger partial charge in [0, 0.05) is 25.2 Å². The standard InChI is InChI=1S/C21H24N4O3/c26-21(16-11-15-3-1-2-4-19(15)28-13-16)25-6-5-17-18(12-25)22-14-23-20(17)24-7-9-27-10-8-24/h1-4,14,16H,5-13H2/t16-/m1/s1. The van der Waals surface area contributed by atoms with Crippen LogP contribution in [0.4, 0.5) is 5.82 Å². The summed E-state index contributed by atoms with van der Waals surface area (Å²) in [4.78, 5) is 26.4. The van der Waals surface area contributed by atoms with E-state index in [0.29, 0.717) is 19.7 Å². The van der Waals surface area contributed by atoms with Crippen LogP contribution in [0.2, 0.25) is 0 Å². The minimum atomic E-state index is -0.128. The molecular formula is C21H24N4O3. The lowest BCUT2D eigenvalue weighted by atomic mass is 9.94. The van der Waals surface area contributed by atoms with Gasteiger partial charge in [-0.25, -0.2) is 9.97 Å². The van der Waals surface area contributed by atoms with E-state index in [4.69, 9.17) is 9.47 Å². The molecule has 0 unspecified atom stereocenters. The predicted molar refractivity (Wildman–Crippen MR) is 103 cm³/mol. The monoisotopic (exact) mass is 380 g/mol. The Bertz CT molecular complexity index is 882. The second-order valence-corrected chi connectivity index (χ2v) is 7.55. The third-order valence-electron chi connectivity index (χ3n) is 5.83. The molecule has 0 spiro atoms. The first kappa shape index (κ1) is 17.4. The van der Waals surface area contributed by atoms with Gasteiger partial charge in [0.15, 0.2) is 0 Å². The van der Waals surface area contributed by atoms with Gasteiger partial charge >= 0.3 is 0 Å². The van der Waals surface area contributed by atoms with Crippen LogP contribution in [0.3, 0.4) is 0 Å². The van der Waals surface area contributed by atoms with Crippen LogP contribution in [0.1, 0.15) is 16.8 Å². The highest BCUT2D eigenvalue weighted by Gasteiger charge is 2.33. The molecule has 1 saturated heterocycles. The van der Waals surface area contributed by atoms with E-state index in [2.05, 4.69) is 14.9 Å². The molecule has 7 nitrogen and oxygen atoms in total. The molecule has 0 N–H and O–H groups in total. The number of nitrogens with zero attached hydrogens (tertiary/aromatic N) is 4. The number of ether oxygens (including phenoxy) is 2. The number of rotatable bonds is 2. The maximum atomic E-state index is 13.1. The second kappa shape index (κ2) is 7.39. The van der Waals surface area contributed by atoms with Gasteiger partial charge in [0.2, 0.25) is 5.91 Å². The van der Waals surface area contributed by atoms with Crippen molar-refractivity contribution in [3.05, 3.63) is 47.4 Å². The molecule has 0 radical (unpaired) electrons. The molecule has 7 heteroatoms. The highest BCUT2D eigenvalue weighted by Crippen LogP contribution is 2.30. The summed E-state index contributed by atoms with van der Waals surface area (Å²) in [5.74, 6) is 1.94. The number of amides is 1. The Hall–Kier alpha value is -2.67. The summed E-state index contributed by atoms with van der Waals surface area (Å²) in [7, 11) is 0. The van der Waals surface area contributed by atoms with Crippen molar-refractivity contribution in [1.29, 1.82) is 0 Å². The zero-order chi connectivity index (χ0) is 18.9. The van der Waals surface area contributed by atoms with Crippen molar-refractivity contribution >= 4 is 11.7 Å². The molecule has 3 aliphatic rings. The fourth-order valence-corrected chi connectivity index (χ4v) is 4.32. The lowest BCUT2D eigenvalue weighted by molar-refractivity contribution is -0.138. The smallest absolute Gasteiger partial charge is 0.229 e. The number of fused-ring (bicyclic) bond motifs is 2. The number of hydrogen-bond acceptors (Lipinski definition) is 6. The number of carbonyl (C=O) groups excluding carboxylic acids is 1. The number of anilines is 1. The molecule has 5 rings (SSSR count). The number of carbonyl (C=O) groups is 1. The number of hydrogen-bond donors (Lipinski definition) is 0. The highest BCUT2D eigenvalue weighted by atomic mass is 16.5. The van der Waals surface area contributed by atoms with Crippen LogP contribution in [0, 0.1) is 5.92 Å². The SMILES string of the molecule is O=C([C@H]1COc2ccccc2C1)N1CCc2c(ncnc2N2CCOCC2)C1. The Morgan fingerprint density at radius 1 is 1.11 bits per heavy atom. The molecule has 146 valence electrons. The molecule has 28 heavy (non-hydrogen) atoms. The molecule has 1 aromatic heterocycles. The van der Waals surface area contributed by atoms with Gasteiger partial charge < -0.3 is 19.3 Å². The van der Waals surface area contributed by atoms with E-state index in [1.54, 1.807) is 6.33 Å². The number of para-hydroxylation sites is 1. The zero-order valence-electron chi connectivity index (χ0n) is 15.8. The predicted octanol–water partition coefficient (Wildman–Crippen LogP) is 1.45. The summed E-state index contributed by atoms with van der Waals surface area (Å²) in [5.41, 5.74) is 3.26. The summed E-state index contributed by atoms with van der Waals surface area (Å²) >= 11 is 0. The summed E-state index contributed by atoms with van der Waals surface area (Å²) in [6, 6.07) is 7.98. The average molecular weight is 380 g/mol. The largest absolute Gasteiger partial charge is 0.492 e. The van der Waals surface area contributed by atoms with Gasteiger partial charge in [0.25, 0.3) is 0 Å². The van der Waals surface area contributed by atoms with Crippen molar-refractivity contribution in [2.24, 2.45) is 5.92 Å². The quantitative estimate of drug-likeness (QED) is 0.786. The lowest BCUT2D eigenvalue weighted by Gasteiger charge is -2.35. The molecule has 0 saturated carbocycles. The van der Waals surface area contributed by atoms with Crippen LogP contribution in [-0.2, 0) is 28.9 Å². The van der Waals surface area contributed by atoms with Gasteiger partial charge in [0.05, 0.1) is 31.4 Å². The molecule has 1 amide bonds. The Kier molecular flexibility index (Phi) is 4.60. The molecule has 1 atom stereocenters. The summed E-state index contributed by atoms with van der Waals surface area (Å²) in [6.07, 6.45) is 3.15. The second-order valence-electron chi connectivity index (χ2n) is 7.55. The minimum absolute atomic E-state index is 0.128. The lowest BCUT2D eigenvalue weighted by Crippen LogP contribution is -2.44. The van der Waals surface area contributed by atoms with Crippen molar-refractivity contribution in [2.45, 2.75) is 19.4 Å². The summed E-state index contributed by atoms with van der Waals surface area (Å²) in [5, 5.41) is 0. The Morgan fingerprint density at radius 3 is 2.86 bits per heavy atom. The molecule has 2 aromatic rings. The fraction of sp³-hybridized carbons (Fsp3) is 0.476. The topological polar surface area (TPSA) is 67.8 Å². The van der Waals surface area contributed by atoms with Crippen molar-refractivity contribution in [1.82, 2.24) is 14.9 Å². The number of aromatic nitrogens is 2. The van der Waals surface area contributed by atoms with E-state index in [1.165, 1.54) is 5.56 Å². The number of morpholine rings is 1. The summed E-state index contributed by atoms with van der Waals surface area (Å²) < 4.78 is 11.3.